The standard InChI is InChI=1S/C25H25N5O3/c1-16-11-17(2)30(27-16)13-18-7-6-9-19(12-18)22-26-24(33-28-22)25(3,32)15-29-14-20-8-4-5-10-21(20)23(29)31/h4-12,32H,13-15H2,1-3H3/t25-/m1/s1. The minimum Gasteiger partial charge on any atom is -0.378 e. The molecular formula is C25H25N5O3. The number of aryl methyl sites for hydroxylation is 2. The smallest absolute Gasteiger partial charge is 0.260 e. The summed E-state index contributed by atoms with van der Waals surface area (Å²) in [7, 11) is 0. The van der Waals surface area contributed by atoms with Gasteiger partial charge in [0, 0.05) is 23.4 Å². The van der Waals surface area contributed by atoms with Crippen molar-refractivity contribution in [3.63, 3.8) is 0 Å². The molecule has 2 aromatic carbocycles. The predicted molar refractivity (Wildman–Crippen MR) is 121 cm³/mol. The molecule has 5 rings (SSSR count). The third kappa shape index (κ3) is 4.05. The van der Waals surface area contributed by atoms with Crippen LogP contribution in [0.4, 0.5) is 0 Å². The quantitative estimate of drug-likeness (QED) is 0.490. The molecule has 33 heavy (non-hydrogen) atoms. The maximum Gasteiger partial charge on any atom is 0.260 e. The van der Waals surface area contributed by atoms with Crippen LogP contribution in [0.5, 0.6) is 0 Å². The maximum atomic E-state index is 12.7. The van der Waals surface area contributed by atoms with Crippen molar-refractivity contribution < 1.29 is 14.4 Å². The summed E-state index contributed by atoms with van der Waals surface area (Å²) in [6.45, 7) is 6.72. The molecule has 1 N–H and O–H groups in total. The minimum atomic E-state index is -1.48. The normalized spacial score (nSPS) is 15.0. The van der Waals surface area contributed by atoms with Gasteiger partial charge in [-0.2, -0.15) is 10.1 Å². The van der Waals surface area contributed by atoms with Crippen molar-refractivity contribution in [2.24, 2.45) is 0 Å². The Labute approximate surface area is 191 Å². The summed E-state index contributed by atoms with van der Waals surface area (Å²) in [5.74, 6) is 0.351. The van der Waals surface area contributed by atoms with Crippen LogP contribution in [0, 0.1) is 13.8 Å². The zero-order chi connectivity index (χ0) is 23.2. The van der Waals surface area contributed by atoms with E-state index in [1.54, 1.807) is 17.9 Å². The Kier molecular flexibility index (Phi) is 5.09. The van der Waals surface area contributed by atoms with Gasteiger partial charge in [-0.1, -0.05) is 41.6 Å². The molecule has 1 aliphatic rings. The van der Waals surface area contributed by atoms with Crippen molar-refractivity contribution >= 4 is 5.91 Å². The van der Waals surface area contributed by atoms with E-state index in [-0.39, 0.29) is 18.3 Å². The predicted octanol–water partition coefficient (Wildman–Crippen LogP) is 3.46. The van der Waals surface area contributed by atoms with Gasteiger partial charge in [-0.15, -0.1) is 0 Å². The second-order valence-corrected chi connectivity index (χ2v) is 8.80. The number of amides is 1. The topological polar surface area (TPSA) is 97.3 Å². The van der Waals surface area contributed by atoms with Crippen molar-refractivity contribution in [3.8, 4) is 11.4 Å². The molecule has 1 aliphatic heterocycles. The van der Waals surface area contributed by atoms with Crippen LogP contribution in [0.15, 0.2) is 59.1 Å². The van der Waals surface area contributed by atoms with E-state index in [0.717, 1.165) is 28.1 Å². The number of carbonyl (C=O) groups excluding carboxylic acids is 1. The lowest BCUT2D eigenvalue weighted by atomic mass is 10.1. The molecule has 0 unspecified atom stereocenters. The number of aromatic nitrogens is 4. The third-order valence-electron chi connectivity index (χ3n) is 5.90. The molecular weight excluding hydrogens is 418 g/mol. The number of hydrogen-bond acceptors (Lipinski definition) is 6. The van der Waals surface area contributed by atoms with Gasteiger partial charge < -0.3 is 14.5 Å². The average Bonchev–Trinajstić information content (AvgIpc) is 3.48. The van der Waals surface area contributed by atoms with E-state index in [2.05, 4.69) is 15.2 Å². The Hall–Kier alpha value is -3.78. The Morgan fingerprint density at radius 1 is 1.12 bits per heavy atom. The van der Waals surface area contributed by atoms with Crippen LogP contribution < -0.4 is 0 Å². The zero-order valence-corrected chi connectivity index (χ0v) is 18.8. The molecule has 0 fully saturated rings. The zero-order valence-electron chi connectivity index (χ0n) is 18.8. The van der Waals surface area contributed by atoms with Gasteiger partial charge in [-0.3, -0.25) is 9.48 Å². The Morgan fingerprint density at radius 2 is 1.94 bits per heavy atom. The highest BCUT2D eigenvalue weighted by Gasteiger charge is 2.37. The van der Waals surface area contributed by atoms with Crippen LogP contribution in [0.1, 0.15) is 45.7 Å². The van der Waals surface area contributed by atoms with E-state index in [0.29, 0.717) is 24.5 Å². The Morgan fingerprint density at radius 3 is 2.70 bits per heavy atom. The third-order valence-corrected chi connectivity index (χ3v) is 5.90. The SMILES string of the molecule is Cc1cc(C)n(Cc2cccc(-c3noc([C@](C)(O)CN4Cc5ccccc5C4=O)n3)c2)n1. The first-order chi connectivity index (χ1) is 15.8. The first-order valence-corrected chi connectivity index (χ1v) is 10.8. The van der Waals surface area contributed by atoms with Gasteiger partial charge in [0.05, 0.1) is 18.8 Å². The molecule has 2 aromatic heterocycles. The molecule has 0 spiro atoms. The van der Waals surface area contributed by atoms with Crippen LogP contribution in [-0.4, -0.2) is 42.4 Å². The number of benzene rings is 2. The van der Waals surface area contributed by atoms with E-state index in [1.165, 1.54) is 0 Å². The van der Waals surface area contributed by atoms with E-state index in [9.17, 15) is 9.90 Å². The van der Waals surface area contributed by atoms with Crippen LogP contribution in [-0.2, 0) is 18.7 Å². The highest BCUT2D eigenvalue weighted by atomic mass is 16.5. The molecule has 0 saturated carbocycles. The average molecular weight is 444 g/mol. The van der Waals surface area contributed by atoms with Gasteiger partial charge in [0.2, 0.25) is 5.82 Å². The molecule has 0 bridgehead atoms. The molecule has 0 saturated heterocycles. The van der Waals surface area contributed by atoms with E-state index >= 15 is 0 Å². The molecule has 168 valence electrons. The summed E-state index contributed by atoms with van der Waals surface area (Å²) in [5, 5.41) is 19.7. The number of hydrogen-bond donors (Lipinski definition) is 1. The van der Waals surface area contributed by atoms with E-state index in [4.69, 9.17) is 4.52 Å². The fourth-order valence-corrected chi connectivity index (χ4v) is 4.26. The number of fused-ring (bicyclic) bond motifs is 1. The highest BCUT2D eigenvalue weighted by molar-refractivity contribution is 5.98. The van der Waals surface area contributed by atoms with Gasteiger partial charge in [-0.25, -0.2) is 0 Å². The highest BCUT2D eigenvalue weighted by Crippen LogP contribution is 2.29. The van der Waals surface area contributed by atoms with Gasteiger partial charge in [0.15, 0.2) is 5.60 Å². The summed E-state index contributed by atoms with van der Waals surface area (Å²) in [5.41, 5.74) is 4.04. The largest absolute Gasteiger partial charge is 0.378 e. The van der Waals surface area contributed by atoms with E-state index < -0.39 is 5.60 Å². The van der Waals surface area contributed by atoms with Gasteiger partial charge >= 0.3 is 0 Å². The lowest BCUT2D eigenvalue weighted by Crippen LogP contribution is -2.39. The second kappa shape index (κ2) is 7.97. The number of aliphatic hydroxyl groups is 1. The summed E-state index contributed by atoms with van der Waals surface area (Å²) in [6.07, 6.45) is 0. The summed E-state index contributed by atoms with van der Waals surface area (Å²) in [6, 6.07) is 17.4. The molecule has 0 radical (unpaired) electrons. The lowest BCUT2D eigenvalue weighted by molar-refractivity contribution is -0.00754. The van der Waals surface area contributed by atoms with Crippen LogP contribution >= 0.6 is 0 Å². The lowest BCUT2D eigenvalue weighted by Gasteiger charge is -2.25. The number of nitrogens with zero attached hydrogens (tertiary/aromatic N) is 5. The minimum absolute atomic E-state index is 0.0557. The Balaban J connectivity index is 1.34. The van der Waals surface area contributed by atoms with Gasteiger partial charge in [0.1, 0.15) is 0 Å². The van der Waals surface area contributed by atoms with Crippen LogP contribution in [0.3, 0.4) is 0 Å². The molecule has 0 aliphatic carbocycles. The van der Waals surface area contributed by atoms with Crippen molar-refractivity contribution in [1.82, 2.24) is 24.8 Å². The molecule has 8 nitrogen and oxygen atoms in total. The van der Waals surface area contributed by atoms with Gasteiger partial charge in [-0.05, 0) is 50.1 Å². The molecule has 3 heterocycles. The second-order valence-electron chi connectivity index (χ2n) is 8.80. The number of carbonyl (C=O) groups is 1. The number of β-amino-alcohol motifs (C(OH)–C–C–N with tert-alkyl or cyclic N) is 1. The molecule has 1 atom stereocenters. The monoisotopic (exact) mass is 443 g/mol. The van der Waals surface area contributed by atoms with Crippen molar-refractivity contribution in [1.29, 1.82) is 0 Å². The fraction of sp³-hybridized carbons (Fsp3) is 0.280. The summed E-state index contributed by atoms with van der Waals surface area (Å²) in [4.78, 5) is 18.7. The molecule has 4 aromatic rings. The van der Waals surface area contributed by atoms with Crippen LogP contribution in [0.25, 0.3) is 11.4 Å². The Bertz CT molecular complexity index is 1340. The van der Waals surface area contributed by atoms with Crippen molar-refractivity contribution in [2.75, 3.05) is 6.54 Å². The number of rotatable bonds is 6. The molecule has 8 heteroatoms. The fourth-order valence-electron chi connectivity index (χ4n) is 4.26. The van der Waals surface area contributed by atoms with Crippen molar-refractivity contribution in [2.45, 2.75) is 39.5 Å². The van der Waals surface area contributed by atoms with Crippen molar-refractivity contribution in [3.05, 3.63) is 88.6 Å². The summed E-state index contributed by atoms with van der Waals surface area (Å²) < 4.78 is 7.37. The maximum absolute atomic E-state index is 12.7. The first kappa shape index (κ1) is 21.1. The first-order valence-electron chi connectivity index (χ1n) is 10.8. The van der Waals surface area contributed by atoms with Crippen LogP contribution in [0.2, 0.25) is 0 Å². The van der Waals surface area contributed by atoms with E-state index in [1.807, 2.05) is 67.1 Å². The molecule has 1 amide bonds. The summed E-state index contributed by atoms with van der Waals surface area (Å²) >= 11 is 0. The van der Waals surface area contributed by atoms with Gasteiger partial charge in [0.25, 0.3) is 11.8 Å².